The van der Waals surface area contributed by atoms with Crippen molar-refractivity contribution < 1.29 is 0 Å². The van der Waals surface area contributed by atoms with Gasteiger partial charge in [0.1, 0.15) is 0 Å². The number of benzene rings is 1. The van der Waals surface area contributed by atoms with Gasteiger partial charge in [-0.2, -0.15) is 0 Å². The molecule has 0 atom stereocenters. The molecule has 0 N–H and O–H groups in total. The molecule has 1 aromatic carbocycles. The molecule has 2 heteroatoms. The number of aryl methyl sites for hydroxylation is 1. The minimum atomic E-state index is 0.687. The van der Waals surface area contributed by atoms with Crippen molar-refractivity contribution in [3.8, 4) is 0 Å². The summed E-state index contributed by atoms with van der Waals surface area (Å²) in [6, 6.07) is 10.0. The molecule has 0 radical (unpaired) electrons. The molecule has 1 aromatic rings. The van der Waals surface area contributed by atoms with Gasteiger partial charge in [0.15, 0.2) is 0 Å². The van der Waals surface area contributed by atoms with Crippen LogP contribution < -0.4 is 0 Å². The van der Waals surface area contributed by atoms with E-state index in [1.165, 1.54) is 88.7 Å². The second-order valence-electron chi connectivity index (χ2n) is 8.10. The lowest BCUT2D eigenvalue weighted by Crippen LogP contribution is -2.48. The third-order valence-electron chi connectivity index (χ3n) is 5.60. The van der Waals surface area contributed by atoms with Crippen molar-refractivity contribution in [1.29, 1.82) is 0 Å². The number of nitrogens with zero attached hydrogens (tertiary/aromatic N) is 2. The van der Waals surface area contributed by atoms with Gasteiger partial charge in [0, 0.05) is 38.8 Å². The number of unbranched alkanes of at least 4 members (excludes halogenated alkanes) is 6. The van der Waals surface area contributed by atoms with Crippen molar-refractivity contribution >= 4 is 0 Å². The standard InChI is InChI=1S/C23H40N2/c1-4-5-6-7-8-9-10-12-22-13-11-14-23(19-22)20-24-15-17-25(18-16-24)21(2)3/h11,13-14,19,21H,4-10,12,15-18,20H2,1-3H3. The number of piperazine rings is 1. The maximum absolute atomic E-state index is 2.62. The Bertz CT molecular complexity index is 461. The SMILES string of the molecule is CCCCCCCCCc1cccc(CN2CCN(C(C)C)CC2)c1. The zero-order valence-corrected chi connectivity index (χ0v) is 17.0. The van der Waals surface area contributed by atoms with Crippen LogP contribution in [0.25, 0.3) is 0 Å². The maximum Gasteiger partial charge on any atom is 0.0234 e. The maximum atomic E-state index is 2.62. The van der Waals surface area contributed by atoms with Crippen LogP contribution in [0.5, 0.6) is 0 Å². The second kappa shape index (κ2) is 11.7. The first-order valence-electron chi connectivity index (χ1n) is 10.7. The molecule has 0 saturated carbocycles. The van der Waals surface area contributed by atoms with Crippen LogP contribution in [0.2, 0.25) is 0 Å². The Morgan fingerprint density at radius 3 is 2.16 bits per heavy atom. The Balaban J connectivity index is 1.67. The van der Waals surface area contributed by atoms with Crippen molar-refractivity contribution in [2.45, 2.75) is 84.7 Å². The van der Waals surface area contributed by atoms with Crippen LogP contribution in [-0.2, 0) is 13.0 Å². The van der Waals surface area contributed by atoms with Crippen molar-refractivity contribution in [3.63, 3.8) is 0 Å². The van der Waals surface area contributed by atoms with Crippen LogP contribution >= 0.6 is 0 Å². The van der Waals surface area contributed by atoms with E-state index in [0.717, 1.165) is 6.54 Å². The highest BCUT2D eigenvalue weighted by atomic mass is 15.3. The fourth-order valence-corrected chi connectivity index (χ4v) is 3.87. The monoisotopic (exact) mass is 344 g/mol. The summed E-state index contributed by atoms with van der Waals surface area (Å²) in [5.74, 6) is 0. The molecule has 142 valence electrons. The van der Waals surface area contributed by atoms with Gasteiger partial charge in [-0.1, -0.05) is 69.7 Å². The lowest BCUT2D eigenvalue weighted by atomic mass is 10.0. The zero-order chi connectivity index (χ0) is 17.9. The fourth-order valence-electron chi connectivity index (χ4n) is 3.87. The molecule has 0 unspecified atom stereocenters. The van der Waals surface area contributed by atoms with E-state index in [9.17, 15) is 0 Å². The summed E-state index contributed by atoms with van der Waals surface area (Å²) in [5, 5.41) is 0. The van der Waals surface area contributed by atoms with Crippen LogP contribution in [0.4, 0.5) is 0 Å². The number of hydrogen-bond acceptors (Lipinski definition) is 2. The molecule has 0 aliphatic carbocycles. The van der Waals surface area contributed by atoms with Crippen molar-refractivity contribution in [2.24, 2.45) is 0 Å². The molecule has 2 rings (SSSR count). The zero-order valence-electron chi connectivity index (χ0n) is 17.0. The summed E-state index contributed by atoms with van der Waals surface area (Å²) in [5.41, 5.74) is 3.03. The number of hydrogen-bond donors (Lipinski definition) is 0. The van der Waals surface area contributed by atoms with Gasteiger partial charge >= 0.3 is 0 Å². The van der Waals surface area contributed by atoms with Crippen LogP contribution in [0.3, 0.4) is 0 Å². The lowest BCUT2D eigenvalue weighted by molar-refractivity contribution is 0.104. The predicted molar refractivity (Wildman–Crippen MR) is 110 cm³/mol. The van der Waals surface area contributed by atoms with E-state index < -0.39 is 0 Å². The molecule has 1 heterocycles. The molecule has 1 saturated heterocycles. The molecule has 1 aliphatic rings. The smallest absolute Gasteiger partial charge is 0.0234 e. The molecule has 0 amide bonds. The molecule has 25 heavy (non-hydrogen) atoms. The first-order valence-corrected chi connectivity index (χ1v) is 10.7. The first kappa shape index (κ1) is 20.5. The summed E-state index contributed by atoms with van der Waals surface area (Å²) < 4.78 is 0. The minimum Gasteiger partial charge on any atom is -0.298 e. The Hall–Kier alpha value is -0.860. The van der Waals surface area contributed by atoms with Gasteiger partial charge in [-0.25, -0.2) is 0 Å². The second-order valence-corrected chi connectivity index (χ2v) is 8.10. The normalized spacial score (nSPS) is 16.6. The molecular formula is C23H40N2. The predicted octanol–water partition coefficient (Wildman–Crippen LogP) is 5.51. The average molecular weight is 345 g/mol. The van der Waals surface area contributed by atoms with Crippen molar-refractivity contribution in [1.82, 2.24) is 9.80 Å². The highest BCUT2D eigenvalue weighted by Crippen LogP contribution is 2.15. The quantitative estimate of drug-likeness (QED) is 0.489. The van der Waals surface area contributed by atoms with Crippen molar-refractivity contribution in [3.05, 3.63) is 35.4 Å². The van der Waals surface area contributed by atoms with E-state index >= 15 is 0 Å². The summed E-state index contributed by atoms with van der Waals surface area (Å²) in [4.78, 5) is 5.21. The molecule has 0 aromatic heterocycles. The van der Waals surface area contributed by atoms with Crippen LogP contribution in [-0.4, -0.2) is 42.0 Å². The molecule has 0 spiro atoms. The summed E-state index contributed by atoms with van der Waals surface area (Å²) in [6.45, 7) is 12.9. The molecule has 2 nitrogen and oxygen atoms in total. The largest absolute Gasteiger partial charge is 0.298 e. The molecular weight excluding hydrogens is 304 g/mol. The summed E-state index contributed by atoms with van der Waals surface area (Å²) in [6.07, 6.45) is 11.0. The van der Waals surface area contributed by atoms with E-state index in [-0.39, 0.29) is 0 Å². The summed E-state index contributed by atoms with van der Waals surface area (Å²) in [7, 11) is 0. The van der Waals surface area contributed by atoms with E-state index in [1.807, 2.05) is 0 Å². The van der Waals surface area contributed by atoms with Gasteiger partial charge in [-0.15, -0.1) is 0 Å². The van der Waals surface area contributed by atoms with Gasteiger partial charge in [0.05, 0.1) is 0 Å². The molecule has 0 bridgehead atoms. The van der Waals surface area contributed by atoms with E-state index in [4.69, 9.17) is 0 Å². The molecule has 1 fully saturated rings. The Morgan fingerprint density at radius 2 is 1.48 bits per heavy atom. The van der Waals surface area contributed by atoms with E-state index in [1.54, 1.807) is 0 Å². The number of rotatable bonds is 11. The van der Waals surface area contributed by atoms with Crippen LogP contribution in [0.1, 0.15) is 76.8 Å². The van der Waals surface area contributed by atoms with Gasteiger partial charge in [0.2, 0.25) is 0 Å². The third-order valence-corrected chi connectivity index (χ3v) is 5.60. The van der Waals surface area contributed by atoms with Crippen molar-refractivity contribution in [2.75, 3.05) is 26.2 Å². The van der Waals surface area contributed by atoms with Gasteiger partial charge in [-0.05, 0) is 37.8 Å². The van der Waals surface area contributed by atoms with E-state index in [0.29, 0.717) is 6.04 Å². The van der Waals surface area contributed by atoms with Gasteiger partial charge in [0.25, 0.3) is 0 Å². The van der Waals surface area contributed by atoms with E-state index in [2.05, 4.69) is 54.8 Å². The summed E-state index contributed by atoms with van der Waals surface area (Å²) >= 11 is 0. The minimum absolute atomic E-state index is 0.687. The van der Waals surface area contributed by atoms with Crippen LogP contribution in [0, 0.1) is 0 Å². The highest BCUT2D eigenvalue weighted by molar-refractivity contribution is 5.23. The van der Waals surface area contributed by atoms with Crippen LogP contribution in [0.15, 0.2) is 24.3 Å². The lowest BCUT2D eigenvalue weighted by Gasteiger charge is -2.37. The topological polar surface area (TPSA) is 6.48 Å². The average Bonchev–Trinajstić information content (AvgIpc) is 2.62. The van der Waals surface area contributed by atoms with Gasteiger partial charge < -0.3 is 0 Å². The first-order chi connectivity index (χ1) is 12.2. The Kier molecular flexibility index (Phi) is 9.57. The highest BCUT2D eigenvalue weighted by Gasteiger charge is 2.18. The van der Waals surface area contributed by atoms with Gasteiger partial charge in [-0.3, -0.25) is 9.80 Å². The Labute approximate surface area is 156 Å². The fraction of sp³-hybridized carbons (Fsp3) is 0.739. The molecule has 1 aliphatic heterocycles. The third kappa shape index (κ3) is 7.92. The Morgan fingerprint density at radius 1 is 0.840 bits per heavy atom.